The number of ether oxygens (including phenoxy) is 1. The Balaban J connectivity index is 0.00000162. The Morgan fingerprint density at radius 2 is 2.28 bits per heavy atom. The summed E-state index contributed by atoms with van der Waals surface area (Å²) >= 11 is 1.53. The van der Waals surface area contributed by atoms with Gasteiger partial charge in [0.05, 0.1) is 7.11 Å². The smallest absolute Gasteiger partial charge is 0.219 e. The van der Waals surface area contributed by atoms with Gasteiger partial charge < -0.3 is 15.0 Å². The third-order valence-corrected chi connectivity index (χ3v) is 3.30. The molecule has 0 amide bonds. The molecule has 2 rings (SSSR count). The maximum absolute atomic E-state index is 5.21. The first-order valence-corrected chi connectivity index (χ1v) is 6.91. The number of piperazine rings is 1. The third-order valence-electron chi connectivity index (χ3n) is 2.75. The van der Waals surface area contributed by atoms with Gasteiger partial charge >= 0.3 is 0 Å². The van der Waals surface area contributed by atoms with Crippen molar-refractivity contribution in [3.63, 3.8) is 0 Å². The summed E-state index contributed by atoms with van der Waals surface area (Å²) in [6, 6.07) is 2.39. The van der Waals surface area contributed by atoms with Gasteiger partial charge in [-0.3, -0.25) is 0 Å². The van der Waals surface area contributed by atoms with Crippen LogP contribution in [0.4, 0.5) is 5.82 Å². The van der Waals surface area contributed by atoms with Crippen LogP contribution in [0.15, 0.2) is 11.2 Å². The number of thioether (sulfide) groups is 1. The second-order valence-corrected chi connectivity index (χ2v) is 4.83. The van der Waals surface area contributed by atoms with Gasteiger partial charge in [0.25, 0.3) is 0 Å². The number of rotatable bonds is 3. The number of aromatic nitrogens is 2. The SMILES string of the molecule is COc1cc(N2CCNC(C)C2)nc(SC)n1.Cl. The summed E-state index contributed by atoms with van der Waals surface area (Å²) in [5, 5.41) is 4.17. The van der Waals surface area contributed by atoms with Gasteiger partial charge in [-0.2, -0.15) is 4.98 Å². The highest BCUT2D eigenvalue weighted by Crippen LogP contribution is 2.22. The van der Waals surface area contributed by atoms with Crippen LogP contribution >= 0.6 is 24.2 Å². The van der Waals surface area contributed by atoms with E-state index in [1.807, 2.05) is 12.3 Å². The van der Waals surface area contributed by atoms with E-state index in [4.69, 9.17) is 4.74 Å². The summed E-state index contributed by atoms with van der Waals surface area (Å²) in [5.74, 6) is 1.58. The van der Waals surface area contributed by atoms with Gasteiger partial charge in [-0.1, -0.05) is 11.8 Å². The maximum atomic E-state index is 5.21. The van der Waals surface area contributed by atoms with E-state index in [2.05, 4.69) is 27.1 Å². The van der Waals surface area contributed by atoms with Crippen molar-refractivity contribution in [2.24, 2.45) is 0 Å². The summed E-state index contributed by atoms with van der Waals surface area (Å²) in [4.78, 5) is 11.1. The fourth-order valence-corrected chi connectivity index (χ4v) is 2.26. The van der Waals surface area contributed by atoms with Gasteiger partial charge in [-0.25, -0.2) is 4.98 Å². The van der Waals surface area contributed by atoms with Crippen molar-refractivity contribution in [1.82, 2.24) is 15.3 Å². The Morgan fingerprint density at radius 3 is 2.89 bits per heavy atom. The van der Waals surface area contributed by atoms with E-state index in [-0.39, 0.29) is 12.4 Å². The molecule has 0 bridgehead atoms. The second kappa shape index (κ2) is 7.01. The molecule has 0 aliphatic carbocycles. The standard InChI is InChI=1S/C11H18N4OS.ClH/c1-8-7-15(5-4-12-8)9-6-10(16-2)14-11(13-9)17-3;/h6,8,12H,4-5,7H2,1-3H3;1H. The molecule has 1 unspecified atom stereocenters. The van der Waals surface area contributed by atoms with Crippen LogP contribution in [0, 0.1) is 0 Å². The van der Waals surface area contributed by atoms with Crippen LogP contribution in [-0.2, 0) is 0 Å². The van der Waals surface area contributed by atoms with Crippen LogP contribution in [0.2, 0.25) is 0 Å². The molecule has 5 nitrogen and oxygen atoms in total. The van der Waals surface area contributed by atoms with E-state index in [1.165, 1.54) is 11.8 Å². The molecule has 102 valence electrons. The molecule has 7 heteroatoms. The van der Waals surface area contributed by atoms with E-state index in [9.17, 15) is 0 Å². The highest BCUT2D eigenvalue weighted by molar-refractivity contribution is 7.98. The zero-order chi connectivity index (χ0) is 12.3. The zero-order valence-corrected chi connectivity index (χ0v) is 12.5. The lowest BCUT2D eigenvalue weighted by atomic mass is 10.2. The Kier molecular flexibility index (Phi) is 5.98. The predicted octanol–water partition coefficient (Wildman–Crippen LogP) is 1.43. The Morgan fingerprint density at radius 1 is 1.50 bits per heavy atom. The van der Waals surface area contributed by atoms with Crippen molar-refractivity contribution in [3.8, 4) is 5.88 Å². The molecule has 0 saturated carbocycles. The fraction of sp³-hybridized carbons (Fsp3) is 0.636. The third kappa shape index (κ3) is 3.63. The van der Waals surface area contributed by atoms with Crippen molar-refractivity contribution in [1.29, 1.82) is 0 Å². The number of hydrogen-bond donors (Lipinski definition) is 1. The Bertz CT molecular complexity index is 371. The summed E-state index contributed by atoms with van der Waals surface area (Å²) in [6.45, 7) is 5.11. The minimum absolute atomic E-state index is 0. The highest BCUT2D eigenvalue weighted by atomic mass is 35.5. The van der Waals surface area contributed by atoms with Crippen LogP contribution in [0.5, 0.6) is 5.88 Å². The topological polar surface area (TPSA) is 50.3 Å². The fourth-order valence-electron chi connectivity index (χ4n) is 1.89. The van der Waals surface area contributed by atoms with Crippen molar-refractivity contribution in [3.05, 3.63) is 6.07 Å². The van der Waals surface area contributed by atoms with Crippen LogP contribution in [0.25, 0.3) is 0 Å². The first-order valence-electron chi connectivity index (χ1n) is 5.68. The number of anilines is 1. The van der Waals surface area contributed by atoms with Gasteiger partial charge in [-0.05, 0) is 13.2 Å². The summed E-state index contributed by atoms with van der Waals surface area (Å²) in [7, 11) is 1.64. The van der Waals surface area contributed by atoms with E-state index in [0.29, 0.717) is 11.9 Å². The molecule has 0 spiro atoms. The number of hydrogen-bond acceptors (Lipinski definition) is 6. The molecular formula is C11H19ClN4OS. The van der Waals surface area contributed by atoms with Gasteiger partial charge in [-0.15, -0.1) is 12.4 Å². The van der Waals surface area contributed by atoms with Crippen molar-refractivity contribution in [2.75, 3.05) is 37.9 Å². The largest absolute Gasteiger partial charge is 0.481 e. The molecule has 1 atom stereocenters. The molecule has 1 saturated heterocycles. The predicted molar refractivity (Wildman–Crippen MR) is 77.3 cm³/mol. The van der Waals surface area contributed by atoms with Crippen LogP contribution in [0.1, 0.15) is 6.92 Å². The zero-order valence-electron chi connectivity index (χ0n) is 10.8. The average Bonchev–Trinajstić information content (AvgIpc) is 2.38. The van der Waals surface area contributed by atoms with Crippen molar-refractivity contribution < 1.29 is 4.74 Å². The average molecular weight is 291 g/mol. The number of methoxy groups -OCH3 is 1. The maximum Gasteiger partial charge on any atom is 0.219 e. The summed E-state index contributed by atoms with van der Waals surface area (Å²) in [5.41, 5.74) is 0. The van der Waals surface area contributed by atoms with E-state index < -0.39 is 0 Å². The van der Waals surface area contributed by atoms with Crippen molar-refractivity contribution in [2.45, 2.75) is 18.1 Å². The molecule has 1 aliphatic heterocycles. The second-order valence-electron chi connectivity index (χ2n) is 4.06. The van der Waals surface area contributed by atoms with Crippen LogP contribution in [0.3, 0.4) is 0 Å². The number of nitrogens with one attached hydrogen (secondary N) is 1. The molecular weight excluding hydrogens is 272 g/mol. The van der Waals surface area contributed by atoms with Crippen LogP contribution in [-0.4, -0.2) is 49.0 Å². The normalized spacial score (nSPS) is 19.3. The summed E-state index contributed by atoms with van der Waals surface area (Å²) < 4.78 is 5.21. The quantitative estimate of drug-likeness (QED) is 0.671. The lowest BCUT2D eigenvalue weighted by Gasteiger charge is -2.32. The molecule has 1 aliphatic rings. The van der Waals surface area contributed by atoms with Gasteiger partial charge in [0.15, 0.2) is 5.16 Å². The molecule has 18 heavy (non-hydrogen) atoms. The van der Waals surface area contributed by atoms with Gasteiger partial charge in [0, 0.05) is 31.7 Å². The molecule has 0 aromatic carbocycles. The molecule has 1 fully saturated rings. The molecule has 1 aromatic heterocycles. The van der Waals surface area contributed by atoms with E-state index >= 15 is 0 Å². The first kappa shape index (κ1) is 15.3. The lowest BCUT2D eigenvalue weighted by molar-refractivity contribution is 0.391. The van der Waals surface area contributed by atoms with E-state index in [1.54, 1.807) is 7.11 Å². The van der Waals surface area contributed by atoms with Gasteiger partial charge in [0.2, 0.25) is 5.88 Å². The highest BCUT2D eigenvalue weighted by Gasteiger charge is 2.18. The molecule has 0 radical (unpaired) electrons. The Hall–Kier alpha value is -0.720. The van der Waals surface area contributed by atoms with Gasteiger partial charge in [0.1, 0.15) is 5.82 Å². The Labute approximate surface area is 118 Å². The monoisotopic (exact) mass is 290 g/mol. The number of nitrogens with zero attached hydrogens (tertiary/aromatic N) is 3. The lowest BCUT2D eigenvalue weighted by Crippen LogP contribution is -2.49. The molecule has 1 N–H and O–H groups in total. The molecule has 1 aromatic rings. The minimum Gasteiger partial charge on any atom is -0.481 e. The first-order chi connectivity index (χ1) is 8.22. The van der Waals surface area contributed by atoms with Crippen molar-refractivity contribution >= 4 is 30.0 Å². The summed E-state index contributed by atoms with van der Waals surface area (Å²) in [6.07, 6.45) is 1.97. The van der Waals surface area contributed by atoms with Crippen LogP contribution < -0.4 is 15.0 Å². The minimum atomic E-state index is 0. The molecule has 2 heterocycles. The number of halogens is 1. The van der Waals surface area contributed by atoms with E-state index in [0.717, 1.165) is 30.6 Å².